The first-order valence-corrected chi connectivity index (χ1v) is 8.49. The Morgan fingerprint density at radius 1 is 1.00 bits per heavy atom. The Labute approximate surface area is 53.8 Å². The van der Waals surface area contributed by atoms with Crippen LogP contribution in [0.2, 0.25) is 14.9 Å². The van der Waals surface area contributed by atoms with E-state index in [9.17, 15) is 0 Å². The zero-order valence-corrected chi connectivity index (χ0v) is 8.12. The molecule has 0 radical (unpaired) electrons. The van der Waals surface area contributed by atoms with E-state index in [2.05, 4.69) is 20.8 Å². The van der Waals surface area contributed by atoms with Gasteiger partial charge in [-0.25, -0.2) is 0 Å². The third kappa shape index (κ3) is 3.24. The minimum atomic E-state index is -0.576. The van der Waals surface area contributed by atoms with Crippen LogP contribution in [-0.2, 0) is 0 Å². The summed E-state index contributed by atoms with van der Waals surface area (Å²) in [5, 5.41) is 0. The molecule has 0 rings (SSSR count). The average molecular weight is 159 g/mol. The molecule has 44 valence electrons. The molecule has 7 heavy (non-hydrogen) atoms. The molecular weight excluding hydrogens is 142 g/mol. The van der Waals surface area contributed by atoms with E-state index in [4.69, 9.17) is 0 Å². The Morgan fingerprint density at radius 2 is 1.29 bits per heavy atom. The van der Waals surface area contributed by atoms with E-state index in [0.29, 0.717) is 0 Å². The zero-order chi connectivity index (χ0) is 5.70. The second-order valence-corrected chi connectivity index (χ2v) is 10.9. The van der Waals surface area contributed by atoms with Crippen molar-refractivity contribution >= 4 is 16.2 Å². The molecule has 0 aromatic heterocycles. The van der Waals surface area contributed by atoms with E-state index >= 15 is 0 Å². The van der Waals surface area contributed by atoms with E-state index in [1.165, 1.54) is 0 Å². The van der Waals surface area contributed by atoms with Crippen molar-refractivity contribution in [2.45, 2.75) is 35.7 Å². The van der Waals surface area contributed by atoms with Gasteiger partial charge in [-0.05, 0) is 0 Å². The Balaban J connectivity index is 0. The molecule has 0 atom stereocenters. The van der Waals surface area contributed by atoms with Gasteiger partial charge in [0.2, 0.25) is 0 Å². The molecule has 1 heteroatoms. The van der Waals surface area contributed by atoms with Crippen LogP contribution in [0.25, 0.3) is 0 Å². The van der Waals surface area contributed by atoms with Crippen LogP contribution in [-0.4, -0.2) is 16.2 Å². The Bertz CT molecular complexity index is 30.0. The van der Waals surface area contributed by atoms with E-state index in [1.54, 1.807) is 14.9 Å². The second-order valence-electron chi connectivity index (χ2n) is 2.09. The molecule has 0 amide bonds. The molecule has 0 saturated carbocycles. The number of hydrogen-bond acceptors (Lipinski definition) is 0. The van der Waals surface area contributed by atoms with Gasteiger partial charge in [0.15, 0.2) is 0 Å². The molecule has 0 bridgehead atoms. The second kappa shape index (κ2) is 4.79. The van der Waals surface area contributed by atoms with Crippen LogP contribution >= 0.6 is 0 Å². The number of hydrogen-bond donors (Lipinski definition) is 0. The third-order valence-corrected chi connectivity index (χ3v) is 9.00. The first-order chi connectivity index (χ1) is 3.35. The zero-order valence-electron chi connectivity index (χ0n) is 5.70. The summed E-state index contributed by atoms with van der Waals surface area (Å²) in [6.07, 6.45) is 0. The maximum Gasteiger partial charge on any atom is 0 e. The SMILES string of the molecule is C[CH2][Ga]([CH2]C)[CH2]C.[HH]. The molecule has 0 aromatic carbocycles. The van der Waals surface area contributed by atoms with Crippen LogP contribution in [0.1, 0.15) is 22.2 Å². The van der Waals surface area contributed by atoms with Crippen molar-refractivity contribution in [1.82, 2.24) is 0 Å². The summed E-state index contributed by atoms with van der Waals surface area (Å²) in [6, 6.07) is 0. The van der Waals surface area contributed by atoms with Crippen molar-refractivity contribution in [2.75, 3.05) is 0 Å². The van der Waals surface area contributed by atoms with Crippen LogP contribution in [0.5, 0.6) is 0 Å². The molecule has 0 nitrogen and oxygen atoms in total. The fourth-order valence-corrected chi connectivity index (χ4v) is 4.50. The number of rotatable bonds is 3. The van der Waals surface area contributed by atoms with Crippen LogP contribution in [0.4, 0.5) is 0 Å². The normalized spacial score (nSPS) is 9.00. The summed E-state index contributed by atoms with van der Waals surface area (Å²) in [5.74, 6) is 0. The van der Waals surface area contributed by atoms with Gasteiger partial charge in [0, 0.05) is 1.43 Å². The fourth-order valence-electron chi connectivity index (χ4n) is 0.866. The molecule has 0 aliphatic rings. The molecule has 0 spiro atoms. The predicted molar refractivity (Wildman–Crippen MR) is 39.3 cm³/mol. The fraction of sp³-hybridized carbons (Fsp3) is 1.00. The van der Waals surface area contributed by atoms with Crippen molar-refractivity contribution in [3.63, 3.8) is 0 Å². The Hall–Kier alpha value is 0.636. The van der Waals surface area contributed by atoms with Crippen molar-refractivity contribution in [2.24, 2.45) is 0 Å². The van der Waals surface area contributed by atoms with Gasteiger partial charge in [0.25, 0.3) is 0 Å². The van der Waals surface area contributed by atoms with Crippen molar-refractivity contribution in [3.05, 3.63) is 0 Å². The molecule has 0 fully saturated rings. The van der Waals surface area contributed by atoms with Crippen molar-refractivity contribution in [1.29, 1.82) is 0 Å². The topological polar surface area (TPSA) is 0 Å². The molecule has 0 unspecified atom stereocenters. The standard InChI is InChI=1S/3C2H5.Ga.H2/c3*1-2;;/h3*1H2,2H3;;1H. The monoisotopic (exact) mass is 158 g/mol. The van der Waals surface area contributed by atoms with E-state index in [-0.39, 0.29) is 1.43 Å². The van der Waals surface area contributed by atoms with Gasteiger partial charge in [-0.3, -0.25) is 0 Å². The van der Waals surface area contributed by atoms with Gasteiger partial charge >= 0.3 is 51.9 Å². The van der Waals surface area contributed by atoms with Gasteiger partial charge in [0.05, 0.1) is 0 Å². The van der Waals surface area contributed by atoms with Crippen LogP contribution in [0, 0.1) is 0 Å². The Kier molecular flexibility index (Phi) is 5.22. The molecular formula is C6H17Ga. The first-order valence-electron chi connectivity index (χ1n) is 3.35. The summed E-state index contributed by atoms with van der Waals surface area (Å²) in [5.41, 5.74) is 0. The molecule has 0 aliphatic heterocycles. The van der Waals surface area contributed by atoms with E-state index < -0.39 is 16.2 Å². The minimum absolute atomic E-state index is 0. The van der Waals surface area contributed by atoms with Crippen LogP contribution in [0.15, 0.2) is 0 Å². The molecule has 0 N–H and O–H groups in total. The minimum Gasteiger partial charge on any atom is 0 e. The summed E-state index contributed by atoms with van der Waals surface area (Å²) in [4.78, 5) is 4.62. The third-order valence-electron chi connectivity index (χ3n) is 1.73. The maximum absolute atomic E-state index is 2.34. The smallest absolute Gasteiger partial charge is 0 e. The van der Waals surface area contributed by atoms with Gasteiger partial charge in [-0.15, -0.1) is 0 Å². The first kappa shape index (κ1) is 7.64. The van der Waals surface area contributed by atoms with Gasteiger partial charge in [-0.2, -0.15) is 0 Å². The van der Waals surface area contributed by atoms with Crippen LogP contribution in [0.3, 0.4) is 0 Å². The van der Waals surface area contributed by atoms with Crippen molar-refractivity contribution in [3.8, 4) is 0 Å². The van der Waals surface area contributed by atoms with Gasteiger partial charge in [0.1, 0.15) is 0 Å². The van der Waals surface area contributed by atoms with Crippen molar-refractivity contribution < 1.29 is 1.43 Å². The predicted octanol–water partition coefficient (Wildman–Crippen LogP) is 2.79. The quantitative estimate of drug-likeness (QED) is 0.555. The van der Waals surface area contributed by atoms with E-state index in [1.807, 2.05) is 0 Å². The average Bonchev–Trinajstić information content (AvgIpc) is 1.72. The molecule has 0 aromatic rings. The summed E-state index contributed by atoms with van der Waals surface area (Å²) in [6.45, 7) is 7.03. The maximum atomic E-state index is 2.34. The Morgan fingerprint density at radius 3 is 1.29 bits per heavy atom. The van der Waals surface area contributed by atoms with E-state index in [0.717, 1.165) is 0 Å². The molecule has 0 heterocycles. The summed E-state index contributed by atoms with van der Waals surface area (Å²) < 4.78 is 0. The van der Waals surface area contributed by atoms with Gasteiger partial charge in [-0.1, -0.05) is 0 Å². The van der Waals surface area contributed by atoms with Crippen LogP contribution < -0.4 is 0 Å². The largest absolute Gasteiger partial charge is 0 e. The molecule has 0 saturated heterocycles. The summed E-state index contributed by atoms with van der Waals surface area (Å²) in [7, 11) is 0. The summed E-state index contributed by atoms with van der Waals surface area (Å²) >= 11 is -0.576. The molecule has 0 aliphatic carbocycles. The van der Waals surface area contributed by atoms with Gasteiger partial charge < -0.3 is 0 Å².